The number of aromatic nitrogens is 2. The van der Waals surface area contributed by atoms with Crippen LogP contribution in [-0.4, -0.2) is 34.9 Å². The van der Waals surface area contributed by atoms with E-state index in [1.54, 1.807) is 6.07 Å². The average Bonchev–Trinajstić information content (AvgIpc) is 3.17. The summed E-state index contributed by atoms with van der Waals surface area (Å²) in [5.41, 5.74) is 2.00. The summed E-state index contributed by atoms with van der Waals surface area (Å²) in [6.45, 7) is 0.910. The second-order valence-corrected chi connectivity index (χ2v) is 7.27. The molecule has 0 fully saturated rings. The van der Waals surface area contributed by atoms with Crippen molar-refractivity contribution in [2.24, 2.45) is 0 Å². The molecule has 2 heterocycles. The highest BCUT2D eigenvalue weighted by atomic mass is 32.1. The van der Waals surface area contributed by atoms with Crippen molar-refractivity contribution in [2.75, 3.05) is 13.1 Å². The van der Waals surface area contributed by atoms with Gasteiger partial charge in [-0.05, 0) is 30.7 Å². The average molecular weight is 390 g/mol. The van der Waals surface area contributed by atoms with E-state index >= 15 is 0 Å². The third-order valence-corrected chi connectivity index (χ3v) is 5.28. The lowest BCUT2D eigenvalue weighted by molar-refractivity contribution is 0.0948. The quantitative estimate of drug-likeness (QED) is 0.494. The Morgan fingerprint density at radius 3 is 2.32 bits per heavy atom. The molecule has 7 heteroatoms. The predicted molar refractivity (Wildman–Crippen MR) is 111 cm³/mol. The topological polar surface area (TPSA) is 84.0 Å². The fourth-order valence-corrected chi connectivity index (χ4v) is 3.70. The van der Waals surface area contributed by atoms with Gasteiger partial charge in [0.2, 0.25) is 0 Å². The summed E-state index contributed by atoms with van der Waals surface area (Å²) in [6, 6.07) is 18.9. The zero-order chi connectivity index (χ0) is 19.3. The predicted octanol–water partition coefficient (Wildman–Crippen LogP) is 3.39. The lowest BCUT2D eigenvalue weighted by Gasteiger charge is -2.06. The third-order valence-electron chi connectivity index (χ3n) is 4.24. The van der Waals surface area contributed by atoms with Crippen molar-refractivity contribution in [1.29, 1.82) is 0 Å². The van der Waals surface area contributed by atoms with E-state index in [4.69, 9.17) is 0 Å². The number of carbonyl (C=O) groups is 2. The highest BCUT2D eigenvalue weighted by Crippen LogP contribution is 2.21. The fraction of sp³-hybridized carbons (Fsp3) is 0.143. The Balaban J connectivity index is 1.24. The van der Waals surface area contributed by atoms with Crippen LogP contribution in [0.2, 0.25) is 0 Å². The standard InChI is InChI=1S/C21H18N4O2S/c26-19(17-11-10-14-6-1-2-7-15(14)24-17)22-12-5-13-23-20(27)21-25-16-8-3-4-9-18(16)28-21/h1-4,6-11H,5,12-13H2,(H,22,26)(H,23,27). The van der Waals surface area contributed by atoms with E-state index in [2.05, 4.69) is 20.6 Å². The van der Waals surface area contributed by atoms with Crippen molar-refractivity contribution in [3.05, 3.63) is 71.4 Å². The molecule has 2 N–H and O–H groups in total. The summed E-state index contributed by atoms with van der Waals surface area (Å²) < 4.78 is 0.989. The maximum Gasteiger partial charge on any atom is 0.280 e. The summed E-state index contributed by atoms with van der Waals surface area (Å²) in [7, 11) is 0. The minimum Gasteiger partial charge on any atom is -0.351 e. The van der Waals surface area contributed by atoms with Crippen LogP contribution in [0.15, 0.2) is 60.7 Å². The van der Waals surface area contributed by atoms with Gasteiger partial charge >= 0.3 is 0 Å². The Hall–Kier alpha value is -3.32. The van der Waals surface area contributed by atoms with Crippen LogP contribution in [0.1, 0.15) is 26.7 Å². The summed E-state index contributed by atoms with van der Waals surface area (Å²) >= 11 is 1.37. The number of nitrogens with one attached hydrogen (secondary N) is 2. The van der Waals surface area contributed by atoms with Gasteiger partial charge in [0.1, 0.15) is 5.69 Å². The molecule has 0 spiro atoms. The number of thiazole rings is 1. The molecule has 0 radical (unpaired) electrons. The molecule has 0 atom stereocenters. The smallest absolute Gasteiger partial charge is 0.280 e. The van der Waals surface area contributed by atoms with Crippen molar-refractivity contribution >= 4 is 44.3 Å². The Morgan fingerprint density at radius 1 is 0.786 bits per heavy atom. The van der Waals surface area contributed by atoms with Crippen molar-refractivity contribution in [2.45, 2.75) is 6.42 Å². The van der Waals surface area contributed by atoms with Crippen LogP contribution in [0.25, 0.3) is 21.1 Å². The zero-order valence-corrected chi connectivity index (χ0v) is 15.8. The van der Waals surface area contributed by atoms with Gasteiger partial charge < -0.3 is 10.6 Å². The van der Waals surface area contributed by atoms with Crippen LogP contribution in [0.4, 0.5) is 0 Å². The monoisotopic (exact) mass is 390 g/mol. The van der Waals surface area contributed by atoms with Crippen LogP contribution in [0.3, 0.4) is 0 Å². The van der Waals surface area contributed by atoms with Gasteiger partial charge in [0.05, 0.1) is 15.7 Å². The molecule has 4 rings (SSSR count). The molecule has 0 aliphatic rings. The third kappa shape index (κ3) is 3.99. The van der Waals surface area contributed by atoms with E-state index < -0.39 is 0 Å². The first kappa shape index (κ1) is 18.1. The lowest BCUT2D eigenvalue weighted by atomic mass is 10.2. The second-order valence-electron chi connectivity index (χ2n) is 6.24. The molecule has 6 nitrogen and oxygen atoms in total. The first-order valence-electron chi connectivity index (χ1n) is 8.98. The first-order valence-corrected chi connectivity index (χ1v) is 9.80. The molecule has 2 aromatic carbocycles. The first-order chi connectivity index (χ1) is 13.7. The number of benzene rings is 2. The highest BCUT2D eigenvalue weighted by molar-refractivity contribution is 7.20. The number of hydrogen-bond acceptors (Lipinski definition) is 5. The summed E-state index contributed by atoms with van der Waals surface area (Å²) in [5.74, 6) is -0.410. The molecular weight excluding hydrogens is 372 g/mol. The number of para-hydroxylation sites is 2. The molecule has 0 unspecified atom stereocenters. The number of amides is 2. The number of rotatable bonds is 6. The number of hydrogen-bond donors (Lipinski definition) is 2. The number of fused-ring (bicyclic) bond motifs is 2. The lowest BCUT2D eigenvalue weighted by Crippen LogP contribution is -2.30. The van der Waals surface area contributed by atoms with Crippen molar-refractivity contribution < 1.29 is 9.59 Å². The highest BCUT2D eigenvalue weighted by Gasteiger charge is 2.11. The molecule has 0 saturated heterocycles. The molecule has 4 aromatic rings. The molecule has 0 bridgehead atoms. The largest absolute Gasteiger partial charge is 0.351 e. The summed E-state index contributed by atoms with van der Waals surface area (Å²) in [6.07, 6.45) is 0.621. The number of pyridine rings is 1. The van der Waals surface area contributed by atoms with E-state index in [0.717, 1.165) is 21.1 Å². The van der Waals surface area contributed by atoms with E-state index in [1.807, 2.05) is 54.6 Å². The van der Waals surface area contributed by atoms with E-state index in [1.165, 1.54) is 11.3 Å². The van der Waals surface area contributed by atoms with Crippen LogP contribution in [-0.2, 0) is 0 Å². The Bertz CT molecular complexity index is 1120. The molecule has 0 aliphatic heterocycles. The number of nitrogens with zero attached hydrogens (tertiary/aromatic N) is 2. The minimum atomic E-state index is -0.219. The van der Waals surface area contributed by atoms with Crippen LogP contribution in [0, 0.1) is 0 Å². The number of carbonyl (C=O) groups excluding carboxylic acids is 2. The molecule has 0 saturated carbocycles. The summed E-state index contributed by atoms with van der Waals surface area (Å²) in [4.78, 5) is 33.1. The van der Waals surface area contributed by atoms with Gasteiger partial charge in [0.15, 0.2) is 5.01 Å². The SMILES string of the molecule is O=C(NCCCNC(=O)c1nc2ccccc2s1)c1ccc2ccccc2n1. The van der Waals surface area contributed by atoms with Gasteiger partial charge in [-0.15, -0.1) is 11.3 Å². The van der Waals surface area contributed by atoms with Gasteiger partial charge in [0, 0.05) is 18.5 Å². The van der Waals surface area contributed by atoms with Gasteiger partial charge in [-0.1, -0.05) is 36.4 Å². The van der Waals surface area contributed by atoms with Gasteiger partial charge in [-0.25, -0.2) is 9.97 Å². The second kappa shape index (κ2) is 8.14. The fourth-order valence-electron chi connectivity index (χ4n) is 2.82. The van der Waals surface area contributed by atoms with Gasteiger partial charge in [-0.2, -0.15) is 0 Å². The minimum absolute atomic E-state index is 0.191. The Labute approximate surface area is 165 Å². The van der Waals surface area contributed by atoms with Crippen molar-refractivity contribution in [3.8, 4) is 0 Å². The zero-order valence-electron chi connectivity index (χ0n) is 15.0. The molecular formula is C21H18N4O2S. The van der Waals surface area contributed by atoms with E-state index in [0.29, 0.717) is 30.2 Å². The molecule has 28 heavy (non-hydrogen) atoms. The van der Waals surface area contributed by atoms with Crippen LogP contribution >= 0.6 is 11.3 Å². The Morgan fingerprint density at radius 2 is 1.50 bits per heavy atom. The van der Waals surface area contributed by atoms with Gasteiger partial charge in [0.25, 0.3) is 11.8 Å². The van der Waals surface area contributed by atoms with Crippen LogP contribution in [0.5, 0.6) is 0 Å². The molecule has 140 valence electrons. The summed E-state index contributed by atoms with van der Waals surface area (Å²) in [5, 5.41) is 7.12. The van der Waals surface area contributed by atoms with Gasteiger partial charge in [-0.3, -0.25) is 9.59 Å². The normalized spacial score (nSPS) is 10.9. The molecule has 0 aliphatic carbocycles. The van der Waals surface area contributed by atoms with Crippen molar-refractivity contribution in [3.63, 3.8) is 0 Å². The van der Waals surface area contributed by atoms with Crippen LogP contribution < -0.4 is 10.6 Å². The maximum absolute atomic E-state index is 12.2. The maximum atomic E-state index is 12.2. The molecule has 2 amide bonds. The Kier molecular flexibility index (Phi) is 5.25. The van der Waals surface area contributed by atoms with E-state index in [9.17, 15) is 9.59 Å². The molecule has 2 aromatic heterocycles. The van der Waals surface area contributed by atoms with Crippen molar-refractivity contribution in [1.82, 2.24) is 20.6 Å². The van der Waals surface area contributed by atoms with E-state index in [-0.39, 0.29) is 11.8 Å².